The molecule has 1 aliphatic rings. The molecule has 1 aromatic rings. The van der Waals surface area contributed by atoms with Gasteiger partial charge in [0.15, 0.2) is 0 Å². The Balaban J connectivity index is 2.09. The summed E-state index contributed by atoms with van der Waals surface area (Å²) >= 11 is 0. The molecule has 2 rings (SSSR count). The van der Waals surface area contributed by atoms with E-state index in [2.05, 4.69) is 20.3 Å². The minimum atomic E-state index is 0.234. The molecular weight excluding hydrogens is 220 g/mol. The molecule has 1 aromatic heterocycles. The first-order chi connectivity index (χ1) is 8.15. The highest BCUT2D eigenvalue weighted by Gasteiger charge is 2.15. The summed E-state index contributed by atoms with van der Waals surface area (Å²) in [4.78, 5) is 14.2. The summed E-state index contributed by atoms with van der Waals surface area (Å²) in [6.45, 7) is 1.55. The van der Waals surface area contributed by atoms with Gasteiger partial charge in [-0.15, -0.1) is 0 Å². The van der Waals surface area contributed by atoms with Crippen LogP contribution in [0.5, 0.6) is 0 Å². The molecule has 0 radical (unpaired) electrons. The van der Waals surface area contributed by atoms with E-state index in [1.165, 1.54) is 0 Å². The van der Waals surface area contributed by atoms with E-state index < -0.39 is 0 Å². The molecule has 0 amide bonds. The van der Waals surface area contributed by atoms with Gasteiger partial charge in [-0.3, -0.25) is 0 Å². The zero-order valence-corrected chi connectivity index (χ0v) is 10.2. The van der Waals surface area contributed by atoms with Crippen LogP contribution in [0.4, 0.5) is 17.8 Å². The van der Waals surface area contributed by atoms with Crippen LogP contribution < -0.4 is 16.0 Å². The topological polar surface area (TPSA) is 89.2 Å². The zero-order chi connectivity index (χ0) is 12.3. The van der Waals surface area contributed by atoms with E-state index >= 15 is 0 Å². The van der Waals surface area contributed by atoms with E-state index in [0.29, 0.717) is 17.9 Å². The van der Waals surface area contributed by atoms with Crippen LogP contribution in [0.15, 0.2) is 0 Å². The monoisotopic (exact) mass is 238 g/mol. The Morgan fingerprint density at radius 3 is 2.59 bits per heavy atom. The minimum absolute atomic E-state index is 0.234. The average molecular weight is 238 g/mol. The van der Waals surface area contributed by atoms with Gasteiger partial charge in [-0.1, -0.05) is 0 Å². The number of nitrogen functional groups attached to an aromatic ring is 1. The molecule has 0 spiro atoms. The molecule has 0 unspecified atom stereocenters. The van der Waals surface area contributed by atoms with Crippen molar-refractivity contribution < 1.29 is 4.74 Å². The second-order valence-corrected chi connectivity index (χ2v) is 4.24. The van der Waals surface area contributed by atoms with Crippen LogP contribution in [0.3, 0.4) is 0 Å². The lowest BCUT2D eigenvalue weighted by Crippen LogP contribution is -2.29. The molecular formula is C10H18N6O. The minimum Gasteiger partial charge on any atom is -0.381 e. The first kappa shape index (κ1) is 11.8. The van der Waals surface area contributed by atoms with Gasteiger partial charge in [-0.05, 0) is 12.8 Å². The Kier molecular flexibility index (Phi) is 3.58. The second-order valence-electron chi connectivity index (χ2n) is 4.24. The van der Waals surface area contributed by atoms with Gasteiger partial charge in [0.25, 0.3) is 0 Å². The van der Waals surface area contributed by atoms with Crippen LogP contribution in [-0.2, 0) is 4.74 Å². The molecule has 1 aliphatic heterocycles. The fourth-order valence-corrected chi connectivity index (χ4v) is 1.67. The van der Waals surface area contributed by atoms with Crippen molar-refractivity contribution in [2.24, 2.45) is 0 Å². The highest BCUT2D eigenvalue weighted by Crippen LogP contribution is 2.14. The van der Waals surface area contributed by atoms with Crippen molar-refractivity contribution in [3.8, 4) is 0 Å². The normalized spacial score (nSPS) is 16.8. The summed E-state index contributed by atoms with van der Waals surface area (Å²) in [5, 5.41) is 3.27. The van der Waals surface area contributed by atoms with Gasteiger partial charge in [0, 0.05) is 33.4 Å². The molecule has 7 nitrogen and oxygen atoms in total. The Labute approximate surface area is 100 Å². The number of hydrogen-bond donors (Lipinski definition) is 2. The molecule has 0 bridgehead atoms. The molecule has 1 saturated heterocycles. The number of aromatic nitrogens is 3. The lowest BCUT2D eigenvalue weighted by Gasteiger charge is -2.23. The van der Waals surface area contributed by atoms with Crippen LogP contribution in [0, 0.1) is 0 Å². The first-order valence-electron chi connectivity index (χ1n) is 5.68. The molecule has 7 heteroatoms. The summed E-state index contributed by atoms with van der Waals surface area (Å²) in [7, 11) is 3.74. The number of nitrogens with one attached hydrogen (secondary N) is 1. The van der Waals surface area contributed by atoms with Gasteiger partial charge in [-0.2, -0.15) is 15.0 Å². The molecule has 0 aromatic carbocycles. The third-order valence-electron chi connectivity index (χ3n) is 2.60. The van der Waals surface area contributed by atoms with Gasteiger partial charge >= 0.3 is 0 Å². The smallest absolute Gasteiger partial charge is 0.231 e. The maximum absolute atomic E-state index is 5.65. The number of rotatable bonds is 3. The molecule has 2 heterocycles. The SMILES string of the molecule is CN(C)c1nc(N)nc(NC2CCOCC2)n1. The van der Waals surface area contributed by atoms with Crippen LogP contribution in [0.2, 0.25) is 0 Å². The predicted molar refractivity (Wildman–Crippen MR) is 66.0 cm³/mol. The number of nitrogens with two attached hydrogens (primary N) is 1. The summed E-state index contributed by atoms with van der Waals surface area (Å²) in [6.07, 6.45) is 1.92. The highest BCUT2D eigenvalue weighted by atomic mass is 16.5. The van der Waals surface area contributed by atoms with Crippen LogP contribution >= 0.6 is 0 Å². The number of ether oxygens (including phenoxy) is 1. The Hall–Kier alpha value is -1.63. The van der Waals surface area contributed by atoms with Gasteiger partial charge in [0.2, 0.25) is 17.8 Å². The van der Waals surface area contributed by atoms with Crippen molar-refractivity contribution in [2.45, 2.75) is 18.9 Å². The third kappa shape index (κ3) is 3.16. The third-order valence-corrected chi connectivity index (χ3v) is 2.60. The molecule has 0 aliphatic carbocycles. The van der Waals surface area contributed by atoms with Crippen LogP contribution in [0.1, 0.15) is 12.8 Å². The molecule has 0 atom stereocenters. The van der Waals surface area contributed by atoms with Gasteiger partial charge in [0.1, 0.15) is 0 Å². The Bertz CT molecular complexity index is 377. The van der Waals surface area contributed by atoms with Crippen molar-refractivity contribution in [2.75, 3.05) is 43.3 Å². The van der Waals surface area contributed by atoms with Crippen LogP contribution in [-0.4, -0.2) is 48.3 Å². The number of nitrogens with zero attached hydrogens (tertiary/aromatic N) is 4. The van der Waals surface area contributed by atoms with Gasteiger partial charge < -0.3 is 20.7 Å². The Morgan fingerprint density at radius 2 is 1.94 bits per heavy atom. The van der Waals surface area contributed by atoms with E-state index in [0.717, 1.165) is 26.1 Å². The molecule has 0 saturated carbocycles. The number of hydrogen-bond acceptors (Lipinski definition) is 7. The number of anilines is 3. The fraction of sp³-hybridized carbons (Fsp3) is 0.700. The van der Waals surface area contributed by atoms with E-state index in [9.17, 15) is 0 Å². The Morgan fingerprint density at radius 1 is 1.24 bits per heavy atom. The largest absolute Gasteiger partial charge is 0.381 e. The van der Waals surface area contributed by atoms with Gasteiger partial charge in [-0.25, -0.2) is 0 Å². The summed E-state index contributed by atoms with van der Waals surface area (Å²) in [5.74, 6) is 1.33. The van der Waals surface area contributed by atoms with Crippen molar-refractivity contribution in [1.29, 1.82) is 0 Å². The molecule has 17 heavy (non-hydrogen) atoms. The van der Waals surface area contributed by atoms with Crippen molar-refractivity contribution >= 4 is 17.8 Å². The molecule has 3 N–H and O–H groups in total. The van der Waals surface area contributed by atoms with Crippen molar-refractivity contribution in [3.63, 3.8) is 0 Å². The first-order valence-corrected chi connectivity index (χ1v) is 5.68. The highest BCUT2D eigenvalue weighted by molar-refractivity contribution is 5.41. The van der Waals surface area contributed by atoms with E-state index in [1.807, 2.05) is 14.1 Å². The van der Waals surface area contributed by atoms with Crippen molar-refractivity contribution in [1.82, 2.24) is 15.0 Å². The van der Waals surface area contributed by atoms with E-state index in [-0.39, 0.29) is 5.95 Å². The maximum Gasteiger partial charge on any atom is 0.231 e. The fourth-order valence-electron chi connectivity index (χ4n) is 1.67. The summed E-state index contributed by atoms with van der Waals surface area (Å²) < 4.78 is 5.30. The standard InChI is InChI=1S/C10H18N6O/c1-16(2)10-14-8(11)13-9(15-10)12-7-3-5-17-6-4-7/h7H,3-6H2,1-2H3,(H3,11,12,13,14,15). The van der Waals surface area contributed by atoms with Gasteiger partial charge in [0.05, 0.1) is 0 Å². The second kappa shape index (κ2) is 5.13. The lowest BCUT2D eigenvalue weighted by atomic mass is 10.1. The average Bonchev–Trinajstić information content (AvgIpc) is 2.29. The molecule has 1 fully saturated rings. The van der Waals surface area contributed by atoms with Crippen LogP contribution in [0.25, 0.3) is 0 Å². The van der Waals surface area contributed by atoms with E-state index in [4.69, 9.17) is 10.5 Å². The quantitative estimate of drug-likeness (QED) is 0.772. The zero-order valence-electron chi connectivity index (χ0n) is 10.2. The summed E-state index contributed by atoms with van der Waals surface area (Å²) in [5.41, 5.74) is 5.65. The maximum atomic E-state index is 5.65. The lowest BCUT2D eigenvalue weighted by molar-refractivity contribution is 0.0903. The predicted octanol–water partition coefficient (Wildman–Crippen LogP) is 0.111. The van der Waals surface area contributed by atoms with E-state index in [1.54, 1.807) is 4.90 Å². The molecule has 94 valence electrons. The summed E-state index contributed by atoms with van der Waals surface area (Å²) in [6, 6.07) is 0.348. The van der Waals surface area contributed by atoms with Crippen molar-refractivity contribution in [3.05, 3.63) is 0 Å².